The Bertz CT molecular complexity index is 711. The van der Waals surface area contributed by atoms with Crippen molar-refractivity contribution in [3.05, 3.63) is 29.1 Å². The molecule has 1 N–H and O–H groups in total. The summed E-state index contributed by atoms with van der Waals surface area (Å²) in [5, 5.41) is 3.76. The summed E-state index contributed by atoms with van der Waals surface area (Å²) in [5.41, 5.74) is 1.36. The number of sulfone groups is 1. The van der Waals surface area contributed by atoms with E-state index in [-0.39, 0.29) is 17.5 Å². The number of fused-ring (bicyclic) bond motifs is 1. The van der Waals surface area contributed by atoms with Gasteiger partial charge in [-0.05, 0) is 12.1 Å². The number of halogens is 1. The maximum Gasteiger partial charge on any atom is 0.197 e. The summed E-state index contributed by atoms with van der Waals surface area (Å²) in [6.45, 7) is 0.485. The lowest BCUT2D eigenvalue weighted by atomic mass is 10.2. The van der Waals surface area contributed by atoms with Crippen molar-refractivity contribution in [2.45, 2.75) is 12.5 Å². The predicted octanol–water partition coefficient (Wildman–Crippen LogP) is 1.41. The van der Waals surface area contributed by atoms with Gasteiger partial charge in [0.1, 0.15) is 5.52 Å². The standard InChI is InChI=1S/C12H13ClN2O3S/c13-8-1-2-10-11(5-8)18-12(15-10)6-9-7-19(16,17)4-3-14-9/h1-2,5,9,14H,3-4,6-7H2. The molecule has 1 saturated heterocycles. The minimum Gasteiger partial charge on any atom is -0.441 e. The van der Waals surface area contributed by atoms with Crippen LogP contribution in [0, 0.1) is 0 Å². The van der Waals surface area contributed by atoms with Crippen LogP contribution in [-0.4, -0.2) is 37.5 Å². The van der Waals surface area contributed by atoms with Crippen LogP contribution < -0.4 is 5.32 Å². The fourth-order valence-electron chi connectivity index (χ4n) is 2.24. The minimum absolute atomic E-state index is 0.131. The van der Waals surface area contributed by atoms with Crippen molar-refractivity contribution in [3.8, 4) is 0 Å². The highest BCUT2D eigenvalue weighted by Crippen LogP contribution is 2.21. The second-order valence-electron chi connectivity index (χ2n) is 4.69. The lowest BCUT2D eigenvalue weighted by Gasteiger charge is -2.22. The first-order chi connectivity index (χ1) is 9.02. The molecule has 0 saturated carbocycles. The zero-order chi connectivity index (χ0) is 13.5. The van der Waals surface area contributed by atoms with E-state index in [1.807, 2.05) is 0 Å². The van der Waals surface area contributed by atoms with Gasteiger partial charge in [-0.2, -0.15) is 0 Å². The van der Waals surface area contributed by atoms with E-state index in [4.69, 9.17) is 16.0 Å². The van der Waals surface area contributed by atoms with Crippen LogP contribution in [0.5, 0.6) is 0 Å². The maximum absolute atomic E-state index is 11.6. The molecule has 5 nitrogen and oxygen atoms in total. The molecule has 0 radical (unpaired) electrons. The molecule has 0 aliphatic carbocycles. The number of nitrogens with zero attached hydrogens (tertiary/aromatic N) is 1. The van der Waals surface area contributed by atoms with Crippen LogP contribution in [0.4, 0.5) is 0 Å². The van der Waals surface area contributed by atoms with Gasteiger partial charge in [-0.1, -0.05) is 11.6 Å². The summed E-state index contributed by atoms with van der Waals surface area (Å²) in [7, 11) is -2.94. The van der Waals surface area contributed by atoms with E-state index in [1.54, 1.807) is 18.2 Å². The third-order valence-electron chi connectivity index (χ3n) is 3.12. The monoisotopic (exact) mass is 300 g/mol. The lowest BCUT2D eigenvalue weighted by Crippen LogP contribution is -2.46. The average molecular weight is 301 g/mol. The van der Waals surface area contributed by atoms with Crippen molar-refractivity contribution in [2.24, 2.45) is 0 Å². The summed E-state index contributed by atoms with van der Waals surface area (Å²) < 4.78 is 28.7. The number of aromatic nitrogens is 1. The van der Waals surface area contributed by atoms with E-state index in [1.165, 1.54) is 0 Å². The molecule has 1 aromatic carbocycles. The number of hydrogen-bond acceptors (Lipinski definition) is 5. The van der Waals surface area contributed by atoms with Gasteiger partial charge in [-0.25, -0.2) is 13.4 Å². The van der Waals surface area contributed by atoms with Gasteiger partial charge >= 0.3 is 0 Å². The Kier molecular flexibility index (Phi) is 3.24. The van der Waals surface area contributed by atoms with Crippen molar-refractivity contribution in [3.63, 3.8) is 0 Å². The van der Waals surface area contributed by atoms with Crippen molar-refractivity contribution in [2.75, 3.05) is 18.1 Å². The SMILES string of the molecule is O=S1(=O)CCNC(Cc2nc3ccc(Cl)cc3o2)C1. The number of rotatable bonds is 2. The fourth-order valence-corrected chi connectivity index (χ4v) is 3.85. The first-order valence-corrected chi connectivity index (χ1v) is 8.20. The number of oxazole rings is 1. The molecule has 0 bridgehead atoms. The Labute approximate surface area is 115 Å². The van der Waals surface area contributed by atoms with E-state index in [9.17, 15) is 8.42 Å². The third kappa shape index (κ3) is 2.91. The van der Waals surface area contributed by atoms with Crippen LogP contribution in [0.25, 0.3) is 11.1 Å². The molecule has 1 unspecified atom stereocenters. The summed E-state index contributed by atoms with van der Waals surface area (Å²) in [6.07, 6.45) is 0.464. The second-order valence-corrected chi connectivity index (χ2v) is 7.35. The highest BCUT2D eigenvalue weighted by Gasteiger charge is 2.25. The first kappa shape index (κ1) is 12.9. The van der Waals surface area contributed by atoms with Gasteiger partial charge in [0, 0.05) is 30.1 Å². The Balaban J connectivity index is 1.81. The highest BCUT2D eigenvalue weighted by atomic mass is 35.5. The van der Waals surface area contributed by atoms with Crippen molar-refractivity contribution in [1.29, 1.82) is 0 Å². The summed E-state index contributed by atoms with van der Waals surface area (Å²) in [4.78, 5) is 4.34. The molecule has 7 heteroatoms. The Morgan fingerprint density at radius 1 is 1.47 bits per heavy atom. The molecule has 2 heterocycles. The van der Waals surface area contributed by atoms with E-state index < -0.39 is 9.84 Å². The van der Waals surface area contributed by atoms with E-state index in [0.717, 1.165) is 5.52 Å². The van der Waals surface area contributed by atoms with E-state index >= 15 is 0 Å². The molecule has 0 spiro atoms. The molecule has 3 rings (SSSR count). The molecular weight excluding hydrogens is 288 g/mol. The van der Waals surface area contributed by atoms with Gasteiger partial charge in [-0.3, -0.25) is 0 Å². The summed E-state index contributed by atoms with van der Waals surface area (Å²) in [6, 6.07) is 5.11. The van der Waals surface area contributed by atoms with Crippen LogP contribution in [0.3, 0.4) is 0 Å². The first-order valence-electron chi connectivity index (χ1n) is 6.01. The molecule has 1 fully saturated rings. The van der Waals surface area contributed by atoms with Gasteiger partial charge in [0.05, 0.1) is 11.5 Å². The molecule has 1 aliphatic heterocycles. The molecule has 0 amide bonds. The Morgan fingerprint density at radius 3 is 3.11 bits per heavy atom. The van der Waals surface area contributed by atoms with Gasteiger partial charge in [-0.15, -0.1) is 0 Å². The average Bonchev–Trinajstić information content (AvgIpc) is 2.68. The number of nitrogens with one attached hydrogen (secondary N) is 1. The molecule has 2 aromatic rings. The van der Waals surface area contributed by atoms with Crippen molar-refractivity contribution in [1.82, 2.24) is 10.3 Å². The fraction of sp³-hybridized carbons (Fsp3) is 0.417. The third-order valence-corrected chi connectivity index (χ3v) is 5.09. The second kappa shape index (κ2) is 4.77. The molecule has 102 valence electrons. The van der Waals surface area contributed by atoms with E-state index in [0.29, 0.717) is 29.5 Å². The molecule has 1 aromatic heterocycles. The predicted molar refractivity (Wildman–Crippen MR) is 73.2 cm³/mol. The Morgan fingerprint density at radius 2 is 2.32 bits per heavy atom. The molecule has 19 heavy (non-hydrogen) atoms. The number of benzene rings is 1. The lowest BCUT2D eigenvalue weighted by molar-refractivity contribution is 0.457. The molecule has 1 atom stereocenters. The summed E-state index contributed by atoms with van der Waals surface area (Å²) in [5.74, 6) is 0.867. The van der Waals surface area contributed by atoms with Crippen LogP contribution in [0.1, 0.15) is 5.89 Å². The van der Waals surface area contributed by atoms with Gasteiger partial charge in [0.25, 0.3) is 0 Å². The van der Waals surface area contributed by atoms with Crippen LogP contribution in [-0.2, 0) is 16.3 Å². The normalized spacial score (nSPS) is 22.7. The zero-order valence-corrected chi connectivity index (χ0v) is 11.7. The smallest absolute Gasteiger partial charge is 0.197 e. The van der Waals surface area contributed by atoms with Gasteiger partial charge in [0.15, 0.2) is 21.3 Å². The van der Waals surface area contributed by atoms with Crippen molar-refractivity contribution < 1.29 is 12.8 Å². The Hall–Kier alpha value is -1.11. The highest BCUT2D eigenvalue weighted by molar-refractivity contribution is 7.91. The summed E-state index contributed by atoms with van der Waals surface area (Å²) >= 11 is 5.88. The molecule has 1 aliphatic rings. The van der Waals surface area contributed by atoms with Gasteiger partial charge < -0.3 is 9.73 Å². The minimum atomic E-state index is -2.94. The maximum atomic E-state index is 11.6. The zero-order valence-electron chi connectivity index (χ0n) is 10.1. The van der Waals surface area contributed by atoms with E-state index in [2.05, 4.69) is 10.3 Å². The topological polar surface area (TPSA) is 72.2 Å². The van der Waals surface area contributed by atoms with Crippen molar-refractivity contribution >= 4 is 32.5 Å². The number of hydrogen-bond donors (Lipinski definition) is 1. The largest absolute Gasteiger partial charge is 0.441 e. The van der Waals surface area contributed by atoms with Crippen LogP contribution in [0.2, 0.25) is 5.02 Å². The van der Waals surface area contributed by atoms with Crippen LogP contribution >= 0.6 is 11.6 Å². The van der Waals surface area contributed by atoms with Crippen LogP contribution in [0.15, 0.2) is 22.6 Å². The van der Waals surface area contributed by atoms with Gasteiger partial charge in [0.2, 0.25) is 0 Å². The quantitative estimate of drug-likeness (QED) is 0.908. The molecular formula is C12H13ClN2O3S.